The van der Waals surface area contributed by atoms with Crippen molar-refractivity contribution in [2.45, 2.75) is 212 Å². The molecule has 6 atom stereocenters. The lowest BCUT2D eigenvalue weighted by molar-refractivity contribution is -0.301. The maximum Gasteiger partial charge on any atom is 0.335 e. The summed E-state index contributed by atoms with van der Waals surface area (Å²) < 4.78 is 28.1. The lowest BCUT2D eigenvalue weighted by Crippen LogP contribution is -2.61. The predicted molar refractivity (Wildman–Crippen MR) is 302 cm³/mol. The molecule has 1 rings (SSSR count). The summed E-state index contributed by atoms with van der Waals surface area (Å²) in [6.07, 6.45) is 58.7. The molecule has 1 aliphatic rings. The Morgan fingerprint density at radius 3 is 1.40 bits per heavy atom. The Labute approximate surface area is 451 Å². The summed E-state index contributed by atoms with van der Waals surface area (Å²) in [5, 5.41) is 31.4. The third-order valence-electron chi connectivity index (χ3n) is 11.4. The number of esters is 3. The number of aliphatic hydroxyl groups is 2. The highest BCUT2D eigenvalue weighted by Gasteiger charge is 2.50. The van der Waals surface area contributed by atoms with Crippen LogP contribution in [0.2, 0.25) is 0 Å². The monoisotopic (exact) mass is 1040 g/mol. The van der Waals surface area contributed by atoms with E-state index in [9.17, 15) is 34.5 Å². The van der Waals surface area contributed by atoms with Gasteiger partial charge < -0.3 is 39.0 Å². The van der Waals surface area contributed by atoms with E-state index < -0.39 is 73.9 Å². The minimum atomic E-state index is -1.95. The molecule has 0 aromatic carbocycles. The van der Waals surface area contributed by atoms with Crippen LogP contribution in [0.25, 0.3) is 0 Å². The van der Waals surface area contributed by atoms with Gasteiger partial charge in [0.25, 0.3) is 0 Å². The topological polar surface area (TPSA) is 175 Å². The van der Waals surface area contributed by atoms with Crippen molar-refractivity contribution in [2.24, 2.45) is 0 Å². The van der Waals surface area contributed by atoms with E-state index in [1.54, 1.807) is 6.08 Å². The maximum absolute atomic E-state index is 13.1. The molecule has 3 N–H and O–H groups in total. The molecule has 0 bridgehead atoms. The maximum atomic E-state index is 13.1. The van der Waals surface area contributed by atoms with Crippen molar-refractivity contribution in [3.8, 4) is 0 Å². The van der Waals surface area contributed by atoms with E-state index in [0.29, 0.717) is 25.7 Å². The van der Waals surface area contributed by atoms with E-state index in [1.165, 1.54) is 12.8 Å². The van der Waals surface area contributed by atoms with Crippen molar-refractivity contribution in [3.63, 3.8) is 0 Å². The Morgan fingerprint density at radius 1 is 0.467 bits per heavy atom. The standard InChI is InChI=1S/C63H94O12/c1-4-7-10-13-16-19-22-24-26-27-28-29-31-33-36-39-42-45-48-51-57(66)74-61-59(68)58(67)60(62(69)70)75-63(61)72-53-54(73-56(65)50-47-44-41-38-34-21-18-15-12-9-6-3)52-71-55(64)49-46-43-40-37-35-32-30-25-23-20-17-14-11-8-5-2/h7-8,10-11,15-20,24-26,28-30,33,35-37,42-43,45-46,54,58-61,63,67-68H,4-6,9,12-14,21-23,27,31-32,34,38-41,44,47-53H2,1-3H3,(H,69,70)/b10-7-,11-8-,18-15-,19-16-,20-17-,26-24-,29-28-,30-25-,36-33-,37-35-,45-42-,46-43-. The molecule has 12 nitrogen and oxygen atoms in total. The van der Waals surface area contributed by atoms with Crippen molar-refractivity contribution in [1.29, 1.82) is 0 Å². The Bertz CT molecular complexity index is 1860. The number of carboxylic acid groups (broad SMARTS) is 1. The number of carbonyl (C=O) groups is 4. The molecule has 0 spiro atoms. The highest BCUT2D eigenvalue weighted by molar-refractivity contribution is 5.74. The van der Waals surface area contributed by atoms with Crippen LogP contribution in [0.3, 0.4) is 0 Å². The fourth-order valence-corrected chi connectivity index (χ4v) is 7.21. The molecular formula is C63H94O12. The molecule has 0 aromatic heterocycles. The van der Waals surface area contributed by atoms with Crippen LogP contribution in [0.1, 0.15) is 175 Å². The van der Waals surface area contributed by atoms with Crippen molar-refractivity contribution in [2.75, 3.05) is 13.2 Å². The number of aliphatic hydroxyl groups excluding tert-OH is 2. The van der Waals surface area contributed by atoms with Crippen LogP contribution in [0, 0.1) is 0 Å². The number of hydrogen-bond acceptors (Lipinski definition) is 11. The van der Waals surface area contributed by atoms with E-state index in [1.807, 2.05) is 36.5 Å². The first-order valence-corrected chi connectivity index (χ1v) is 27.8. The number of carboxylic acids is 1. The average molecular weight is 1040 g/mol. The third-order valence-corrected chi connectivity index (χ3v) is 11.4. The molecule has 418 valence electrons. The van der Waals surface area contributed by atoms with Crippen molar-refractivity contribution in [1.82, 2.24) is 0 Å². The summed E-state index contributed by atoms with van der Waals surface area (Å²) in [6.45, 7) is 5.56. The van der Waals surface area contributed by atoms with Gasteiger partial charge in [0.1, 0.15) is 18.8 Å². The summed E-state index contributed by atoms with van der Waals surface area (Å²) in [7, 11) is 0. The number of unbranched alkanes of at least 4 members (excludes halogenated alkanes) is 7. The van der Waals surface area contributed by atoms with Gasteiger partial charge in [0.05, 0.1) is 13.0 Å². The van der Waals surface area contributed by atoms with Crippen molar-refractivity contribution < 1.29 is 58.2 Å². The Hall–Kier alpha value is -5.40. The molecule has 0 aromatic rings. The zero-order chi connectivity index (χ0) is 54.7. The van der Waals surface area contributed by atoms with Crippen LogP contribution in [-0.2, 0) is 42.9 Å². The summed E-state index contributed by atoms with van der Waals surface area (Å²) in [5.41, 5.74) is 0. The smallest absolute Gasteiger partial charge is 0.335 e. The zero-order valence-electron chi connectivity index (χ0n) is 45.7. The molecule has 1 fully saturated rings. The highest BCUT2D eigenvalue weighted by atomic mass is 16.7. The molecule has 1 aliphatic heterocycles. The molecular weight excluding hydrogens is 949 g/mol. The second kappa shape index (κ2) is 49.5. The molecule has 75 heavy (non-hydrogen) atoms. The summed E-state index contributed by atoms with van der Waals surface area (Å²) in [4.78, 5) is 50.9. The predicted octanol–water partition coefficient (Wildman–Crippen LogP) is 14.0. The molecule has 0 saturated carbocycles. The minimum Gasteiger partial charge on any atom is -0.479 e. The van der Waals surface area contributed by atoms with E-state index in [-0.39, 0.29) is 19.3 Å². The van der Waals surface area contributed by atoms with Gasteiger partial charge in [0.15, 0.2) is 24.6 Å². The number of carbonyl (C=O) groups excluding carboxylic acids is 3. The van der Waals surface area contributed by atoms with Gasteiger partial charge in [0, 0.05) is 12.8 Å². The second-order valence-corrected chi connectivity index (χ2v) is 18.1. The molecule has 12 heteroatoms. The number of ether oxygens (including phenoxy) is 5. The number of hydrogen-bond donors (Lipinski definition) is 3. The van der Waals surface area contributed by atoms with Gasteiger partial charge in [-0.3, -0.25) is 14.4 Å². The van der Waals surface area contributed by atoms with Crippen LogP contribution < -0.4 is 0 Å². The van der Waals surface area contributed by atoms with Crippen LogP contribution in [0.5, 0.6) is 0 Å². The fourth-order valence-electron chi connectivity index (χ4n) is 7.21. The molecule has 6 unspecified atom stereocenters. The van der Waals surface area contributed by atoms with Crippen LogP contribution in [0.4, 0.5) is 0 Å². The largest absolute Gasteiger partial charge is 0.479 e. The zero-order valence-corrected chi connectivity index (χ0v) is 45.7. The molecule has 1 heterocycles. The van der Waals surface area contributed by atoms with Crippen LogP contribution in [0.15, 0.2) is 146 Å². The van der Waals surface area contributed by atoms with E-state index >= 15 is 0 Å². The van der Waals surface area contributed by atoms with Gasteiger partial charge in [0.2, 0.25) is 0 Å². The SMILES string of the molecule is CC/C=C\C/C=C\C/C=C\C/C=C\C/C=C\C/C=C\CCC(=O)OC1C(OCC(COC(=O)C/C=C\C/C=C\C/C=C\C/C=C\C/C=C\CC)OC(=O)CCCCCCC/C=C\CCCC)OC(C(=O)O)C(O)C1O. The van der Waals surface area contributed by atoms with Gasteiger partial charge in [-0.25, -0.2) is 4.79 Å². The van der Waals surface area contributed by atoms with E-state index in [2.05, 4.69) is 124 Å². The number of aliphatic carboxylic acids is 1. The number of rotatable bonds is 44. The summed E-state index contributed by atoms with van der Waals surface area (Å²) >= 11 is 0. The Kier molecular flexibility index (Phi) is 44.6. The average Bonchev–Trinajstić information content (AvgIpc) is 3.39. The van der Waals surface area contributed by atoms with Gasteiger partial charge in [-0.2, -0.15) is 0 Å². The first-order chi connectivity index (χ1) is 36.6. The normalized spacial score (nSPS) is 19.3. The van der Waals surface area contributed by atoms with Gasteiger partial charge in [-0.1, -0.05) is 199 Å². The summed E-state index contributed by atoms with van der Waals surface area (Å²) in [6, 6.07) is 0. The third kappa shape index (κ3) is 39.7. The van der Waals surface area contributed by atoms with E-state index in [0.717, 1.165) is 96.3 Å². The first-order valence-electron chi connectivity index (χ1n) is 27.8. The van der Waals surface area contributed by atoms with E-state index in [4.69, 9.17) is 23.7 Å². The Balaban J connectivity index is 2.80. The molecule has 0 radical (unpaired) electrons. The second-order valence-electron chi connectivity index (χ2n) is 18.1. The van der Waals surface area contributed by atoms with Crippen LogP contribution in [-0.4, -0.2) is 89.2 Å². The lowest BCUT2D eigenvalue weighted by atomic mass is 9.98. The first kappa shape index (κ1) is 67.6. The molecule has 0 amide bonds. The van der Waals surface area contributed by atoms with Gasteiger partial charge in [-0.05, 0) is 103 Å². The molecule has 0 aliphatic carbocycles. The number of allylic oxidation sites excluding steroid dienone is 23. The Morgan fingerprint density at radius 2 is 0.907 bits per heavy atom. The van der Waals surface area contributed by atoms with Crippen molar-refractivity contribution >= 4 is 23.9 Å². The quantitative estimate of drug-likeness (QED) is 0.0228. The fraction of sp³-hybridized carbons (Fsp3) is 0.556. The van der Waals surface area contributed by atoms with Gasteiger partial charge >= 0.3 is 23.9 Å². The molecule has 1 saturated heterocycles. The van der Waals surface area contributed by atoms with Gasteiger partial charge in [-0.15, -0.1) is 0 Å². The van der Waals surface area contributed by atoms with Crippen LogP contribution >= 0.6 is 0 Å². The van der Waals surface area contributed by atoms with Crippen molar-refractivity contribution in [3.05, 3.63) is 146 Å². The lowest BCUT2D eigenvalue weighted by Gasteiger charge is -2.40. The minimum absolute atomic E-state index is 0.0315. The highest BCUT2D eigenvalue weighted by Crippen LogP contribution is 2.26. The summed E-state index contributed by atoms with van der Waals surface area (Å²) in [5.74, 6) is -3.44.